The molecular formula is C15H10ClN3O2S. The summed E-state index contributed by atoms with van der Waals surface area (Å²) < 4.78 is 1.46. The van der Waals surface area contributed by atoms with Crippen LogP contribution in [0, 0.1) is 4.77 Å². The van der Waals surface area contributed by atoms with Gasteiger partial charge >= 0.3 is 0 Å². The maximum Gasteiger partial charge on any atom is 0.262 e. The van der Waals surface area contributed by atoms with E-state index in [1.54, 1.807) is 42.6 Å². The maximum absolute atomic E-state index is 12.0. The minimum atomic E-state index is -0.476. The number of aromatic nitrogens is 2. The average Bonchev–Trinajstić information content (AvgIpc) is 2.98. The van der Waals surface area contributed by atoms with E-state index in [4.69, 9.17) is 23.8 Å². The summed E-state index contributed by atoms with van der Waals surface area (Å²) in [6.07, 6.45) is 6.57. The number of aromatic amines is 1. The molecule has 2 heterocycles. The Kier molecular flexibility index (Phi) is 3.79. The van der Waals surface area contributed by atoms with Gasteiger partial charge in [0.2, 0.25) is 5.88 Å². The molecule has 1 aromatic carbocycles. The van der Waals surface area contributed by atoms with Crippen LogP contribution in [0.4, 0.5) is 0 Å². The van der Waals surface area contributed by atoms with Crippen LogP contribution >= 0.6 is 23.8 Å². The van der Waals surface area contributed by atoms with E-state index in [-0.39, 0.29) is 16.2 Å². The first-order chi connectivity index (χ1) is 10.6. The zero-order chi connectivity index (χ0) is 15.7. The van der Waals surface area contributed by atoms with E-state index in [1.807, 2.05) is 0 Å². The number of halogens is 1. The monoisotopic (exact) mass is 331 g/mol. The molecule has 1 aromatic heterocycles. The number of H-pyrrole nitrogens is 1. The molecule has 3 rings (SSSR count). The second-order valence-electron chi connectivity index (χ2n) is 4.51. The van der Waals surface area contributed by atoms with Gasteiger partial charge in [0.15, 0.2) is 4.77 Å². The highest BCUT2D eigenvalue weighted by molar-refractivity contribution is 7.71. The molecule has 0 saturated carbocycles. The number of rotatable bonds is 2. The van der Waals surface area contributed by atoms with Gasteiger partial charge in [0.1, 0.15) is 5.56 Å². The molecule has 0 aliphatic carbocycles. The Hall–Kier alpha value is -2.44. The number of hydrogen-bond donors (Lipinski definition) is 2. The Labute approximate surface area is 135 Å². The van der Waals surface area contributed by atoms with Crippen molar-refractivity contribution in [2.24, 2.45) is 4.99 Å². The molecule has 2 aromatic rings. The molecule has 0 bridgehead atoms. The lowest BCUT2D eigenvalue weighted by molar-refractivity contribution is 0.432. The third-order valence-corrected chi connectivity index (χ3v) is 3.61. The van der Waals surface area contributed by atoms with Gasteiger partial charge in [-0.25, -0.2) is 0 Å². The van der Waals surface area contributed by atoms with Gasteiger partial charge in [-0.2, -0.15) is 0 Å². The Bertz CT molecular complexity index is 923. The number of nitrogens with one attached hydrogen (secondary N) is 1. The number of benzene rings is 1. The van der Waals surface area contributed by atoms with Crippen LogP contribution in [0.2, 0.25) is 5.02 Å². The second kappa shape index (κ2) is 5.75. The molecule has 1 aliphatic rings. The molecule has 2 N–H and O–H groups in total. The van der Waals surface area contributed by atoms with Crippen LogP contribution in [-0.2, 0) is 0 Å². The topological polar surface area (TPSA) is 70.4 Å². The number of aliphatic imine (C=N–C) groups is 1. The third kappa shape index (κ3) is 2.66. The van der Waals surface area contributed by atoms with Crippen LogP contribution in [0.3, 0.4) is 0 Å². The molecule has 0 unspecified atom stereocenters. The summed E-state index contributed by atoms with van der Waals surface area (Å²) in [7, 11) is 0. The zero-order valence-corrected chi connectivity index (χ0v) is 12.7. The van der Waals surface area contributed by atoms with E-state index < -0.39 is 5.56 Å². The first kappa shape index (κ1) is 14.5. The molecule has 0 radical (unpaired) electrons. The fourth-order valence-corrected chi connectivity index (χ4v) is 2.46. The van der Waals surface area contributed by atoms with Crippen molar-refractivity contribution in [1.29, 1.82) is 0 Å². The van der Waals surface area contributed by atoms with Crippen molar-refractivity contribution in [3.05, 3.63) is 67.8 Å². The summed E-state index contributed by atoms with van der Waals surface area (Å²) in [5.74, 6) is -0.251. The van der Waals surface area contributed by atoms with Crippen molar-refractivity contribution >= 4 is 36.1 Å². The first-order valence-corrected chi connectivity index (χ1v) is 7.11. The minimum Gasteiger partial charge on any atom is -0.494 e. The lowest BCUT2D eigenvalue weighted by Crippen LogP contribution is -2.16. The third-order valence-electron chi connectivity index (χ3n) is 3.07. The van der Waals surface area contributed by atoms with Gasteiger partial charge in [-0.15, -0.1) is 0 Å². The van der Waals surface area contributed by atoms with Crippen LogP contribution < -0.4 is 5.56 Å². The molecule has 0 atom stereocenters. The number of hydrogen-bond acceptors (Lipinski definition) is 4. The van der Waals surface area contributed by atoms with E-state index in [1.165, 1.54) is 10.6 Å². The SMILES string of the molecule is O=c1[nH]c(=S)n(-c2ccc(Cl)cc2)c(O)c1/C=C1\C=CC=N1. The smallest absolute Gasteiger partial charge is 0.262 e. The normalized spacial score (nSPS) is 14.9. The second-order valence-corrected chi connectivity index (χ2v) is 5.34. The predicted octanol–water partition coefficient (Wildman–Crippen LogP) is 3.24. The molecule has 0 amide bonds. The van der Waals surface area contributed by atoms with Gasteiger partial charge in [0.05, 0.1) is 11.4 Å². The largest absolute Gasteiger partial charge is 0.494 e. The van der Waals surface area contributed by atoms with E-state index in [0.717, 1.165) is 0 Å². The molecule has 0 saturated heterocycles. The summed E-state index contributed by atoms with van der Waals surface area (Å²) in [5.41, 5.74) is 0.770. The molecule has 110 valence electrons. The maximum atomic E-state index is 12.0. The van der Waals surface area contributed by atoms with Crippen LogP contribution in [0.5, 0.6) is 5.88 Å². The van der Waals surface area contributed by atoms with Crippen molar-refractivity contribution in [1.82, 2.24) is 9.55 Å². The molecule has 1 aliphatic heterocycles. The summed E-state index contributed by atoms with van der Waals surface area (Å²) in [6.45, 7) is 0. The van der Waals surface area contributed by atoms with Crippen molar-refractivity contribution in [2.45, 2.75) is 0 Å². The fourth-order valence-electron chi connectivity index (χ4n) is 2.05. The Morgan fingerprint density at radius 2 is 2.05 bits per heavy atom. The van der Waals surface area contributed by atoms with Crippen molar-refractivity contribution in [2.75, 3.05) is 0 Å². The van der Waals surface area contributed by atoms with E-state index in [0.29, 0.717) is 16.4 Å². The van der Waals surface area contributed by atoms with Gasteiger partial charge in [-0.3, -0.25) is 19.3 Å². The number of aromatic hydroxyl groups is 1. The highest BCUT2D eigenvalue weighted by atomic mass is 35.5. The van der Waals surface area contributed by atoms with Crippen LogP contribution in [0.15, 0.2) is 51.9 Å². The highest BCUT2D eigenvalue weighted by Crippen LogP contribution is 2.23. The Morgan fingerprint density at radius 3 is 2.68 bits per heavy atom. The highest BCUT2D eigenvalue weighted by Gasteiger charge is 2.13. The lowest BCUT2D eigenvalue weighted by atomic mass is 10.2. The van der Waals surface area contributed by atoms with E-state index >= 15 is 0 Å². The number of allylic oxidation sites excluding steroid dienone is 2. The molecule has 7 heteroatoms. The van der Waals surface area contributed by atoms with Crippen molar-refractivity contribution in [3.8, 4) is 11.6 Å². The Morgan fingerprint density at radius 1 is 1.32 bits per heavy atom. The van der Waals surface area contributed by atoms with Crippen LogP contribution in [-0.4, -0.2) is 20.9 Å². The molecule has 0 fully saturated rings. The lowest BCUT2D eigenvalue weighted by Gasteiger charge is -2.11. The van der Waals surface area contributed by atoms with Gasteiger partial charge in [-0.05, 0) is 54.7 Å². The molecule has 0 spiro atoms. The van der Waals surface area contributed by atoms with Crippen LogP contribution in [0.25, 0.3) is 11.8 Å². The Balaban J connectivity index is 2.24. The molecular weight excluding hydrogens is 322 g/mol. The fraction of sp³-hybridized carbons (Fsp3) is 0. The number of nitrogens with zero attached hydrogens (tertiary/aromatic N) is 2. The average molecular weight is 332 g/mol. The van der Waals surface area contributed by atoms with Crippen LogP contribution in [0.1, 0.15) is 5.56 Å². The molecule has 22 heavy (non-hydrogen) atoms. The summed E-state index contributed by atoms with van der Waals surface area (Å²) >= 11 is 11.0. The van der Waals surface area contributed by atoms with Crippen molar-refractivity contribution in [3.63, 3.8) is 0 Å². The standard InChI is InChI=1S/C15H10ClN3O2S/c16-9-3-5-11(6-4-9)19-14(21)12(13(20)18-15(19)22)8-10-2-1-7-17-10/h1-8,21H,(H,18,20,22)/b10-8+. The van der Waals surface area contributed by atoms with E-state index in [2.05, 4.69) is 9.98 Å². The quantitative estimate of drug-likeness (QED) is 0.830. The van der Waals surface area contributed by atoms with Gasteiger partial charge < -0.3 is 5.11 Å². The van der Waals surface area contributed by atoms with Gasteiger partial charge in [0.25, 0.3) is 5.56 Å². The van der Waals surface area contributed by atoms with Gasteiger partial charge in [0, 0.05) is 11.2 Å². The summed E-state index contributed by atoms with van der Waals surface area (Å²) in [5, 5.41) is 11.0. The molecule has 5 nitrogen and oxygen atoms in total. The zero-order valence-electron chi connectivity index (χ0n) is 11.2. The van der Waals surface area contributed by atoms with Crippen molar-refractivity contribution < 1.29 is 5.11 Å². The van der Waals surface area contributed by atoms with E-state index in [9.17, 15) is 9.90 Å². The summed E-state index contributed by atoms with van der Waals surface area (Å²) in [4.78, 5) is 18.7. The summed E-state index contributed by atoms with van der Waals surface area (Å²) in [6, 6.07) is 6.73. The predicted molar refractivity (Wildman–Crippen MR) is 89.5 cm³/mol. The first-order valence-electron chi connectivity index (χ1n) is 6.33. The van der Waals surface area contributed by atoms with Gasteiger partial charge in [-0.1, -0.05) is 11.6 Å². The minimum absolute atomic E-state index is 0.0854.